The van der Waals surface area contributed by atoms with Crippen LogP contribution in [0.15, 0.2) is 59.8 Å². The summed E-state index contributed by atoms with van der Waals surface area (Å²) in [5, 5.41) is 0. The van der Waals surface area contributed by atoms with Crippen LogP contribution in [0.1, 0.15) is 41.6 Å². The number of carbonyl (C=O) groups is 3. The summed E-state index contributed by atoms with van der Waals surface area (Å²) in [7, 11) is 0. The lowest BCUT2D eigenvalue weighted by Crippen LogP contribution is -2.41. The summed E-state index contributed by atoms with van der Waals surface area (Å²) in [4.78, 5) is 42.4. The molecule has 2 N–H and O–H groups in total. The molecule has 1 aromatic heterocycles. The number of aromatic nitrogens is 1. The number of hydrogen-bond acceptors (Lipinski definition) is 6. The zero-order valence-electron chi connectivity index (χ0n) is 16.7. The molecule has 3 rings (SSSR count). The maximum Gasteiger partial charge on any atom is 0.269 e. The Balaban J connectivity index is 1.34. The van der Waals surface area contributed by atoms with Crippen molar-refractivity contribution in [2.24, 2.45) is 0 Å². The van der Waals surface area contributed by atoms with Crippen molar-refractivity contribution < 1.29 is 14.4 Å². The van der Waals surface area contributed by atoms with Crippen LogP contribution in [0.2, 0.25) is 0 Å². The molecular weight excluding hydrogens is 432 g/mol. The van der Waals surface area contributed by atoms with Crippen molar-refractivity contribution in [2.45, 2.75) is 25.7 Å². The number of rotatable bonds is 8. The fourth-order valence-corrected chi connectivity index (χ4v) is 4.20. The van der Waals surface area contributed by atoms with Gasteiger partial charge in [-0.1, -0.05) is 60.7 Å². The van der Waals surface area contributed by atoms with Crippen molar-refractivity contribution >= 4 is 52.1 Å². The second kappa shape index (κ2) is 11.4. The summed E-state index contributed by atoms with van der Waals surface area (Å²) < 4.78 is 0.559. The Morgan fingerprint density at radius 2 is 1.77 bits per heavy atom. The third-order valence-electron chi connectivity index (χ3n) is 4.51. The fraction of sp³-hybridized carbons (Fsp3) is 0.227. The van der Waals surface area contributed by atoms with Crippen LogP contribution in [-0.4, -0.2) is 38.5 Å². The first-order chi connectivity index (χ1) is 15.0. The molecule has 0 saturated carbocycles. The standard InChI is InChI=1S/C22H22N4O3S2/c27-19(24-25-20(28)17-10-12-23-13-11-17)9-5-2-6-14-26-21(29)18(31-22(26)30)15-16-7-3-1-4-8-16/h1,3-4,7-8,10-13,15H,2,5-6,9,14H2,(H,24,27)(H,25,28)/b18-15-. The minimum absolute atomic E-state index is 0.0737. The van der Waals surface area contributed by atoms with Crippen LogP contribution in [0.4, 0.5) is 0 Å². The number of hydrazine groups is 1. The number of unbranched alkanes of at least 4 members (excludes halogenated alkanes) is 2. The number of pyridine rings is 1. The van der Waals surface area contributed by atoms with Gasteiger partial charge in [0.2, 0.25) is 5.91 Å². The van der Waals surface area contributed by atoms with E-state index in [1.165, 1.54) is 24.2 Å². The van der Waals surface area contributed by atoms with Crippen molar-refractivity contribution in [3.8, 4) is 0 Å². The minimum atomic E-state index is -0.395. The van der Waals surface area contributed by atoms with Gasteiger partial charge < -0.3 is 0 Å². The molecular formula is C22H22N4O3S2. The van der Waals surface area contributed by atoms with Gasteiger partial charge in [0, 0.05) is 30.9 Å². The molecule has 0 aliphatic carbocycles. The largest absolute Gasteiger partial charge is 0.293 e. The molecule has 2 heterocycles. The summed E-state index contributed by atoms with van der Waals surface area (Å²) in [6, 6.07) is 12.8. The smallest absolute Gasteiger partial charge is 0.269 e. The second-order valence-corrected chi connectivity index (χ2v) is 8.47. The summed E-state index contributed by atoms with van der Waals surface area (Å²) in [5.41, 5.74) is 6.16. The van der Waals surface area contributed by atoms with Crippen LogP contribution in [0.5, 0.6) is 0 Å². The lowest BCUT2D eigenvalue weighted by molar-refractivity contribution is -0.123. The second-order valence-electron chi connectivity index (χ2n) is 6.79. The van der Waals surface area contributed by atoms with Crippen molar-refractivity contribution in [3.63, 3.8) is 0 Å². The van der Waals surface area contributed by atoms with Crippen molar-refractivity contribution in [3.05, 3.63) is 70.9 Å². The van der Waals surface area contributed by atoms with Gasteiger partial charge in [0.05, 0.1) is 4.91 Å². The number of thioether (sulfide) groups is 1. The van der Waals surface area contributed by atoms with Gasteiger partial charge in [-0.3, -0.25) is 35.1 Å². The SMILES string of the molecule is O=C(CCCCCN1C(=O)/C(=C/c2ccccc2)SC1=S)NNC(=O)c1ccncc1. The van der Waals surface area contributed by atoms with Gasteiger partial charge in [0.25, 0.3) is 11.8 Å². The van der Waals surface area contributed by atoms with Crippen LogP contribution in [0.3, 0.4) is 0 Å². The molecule has 9 heteroatoms. The Hall–Kier alpha value is -3.04. The zero-order valence-corrected chi connectivity index (χ0v) is 18.4. The quantitative estimate of drug-likeness (QED) is 0.275. The fourth-order valence-electron chi connectivity index (χ4n) is 2.89. The normalized spacial score (nSPS) is 14.7. The molecule has 0 atom stereocenters. The van der Waals surface area contributed by atoms with Crippen LogP contribution in [-0.2, 0) is 9.59 Å². The highest BCUT2D eigenvalue weighted by molar-refractivity contribution is 8.26. The highest BCUT2D eigenvalue weighted by Gasteiger charge is 2.31. The number of benzene rings is 1. The van der Waals surface area contributed by atoms with Gasteiger partial charge in [0.15, 0.2) is 0 Å². The molecule has 1 fully saturated rings. The molecule has 2 aromatic rings. The summed E-state index contributed by atoms with van der Waals surface area (Å²) in [6.45, 7) is 0.525. The first-order valence-corrected chi connectivity index (χ1v) is 11.1. The Kier molecular flexibility index (Phi) is 8.31. The van der Waals surface area contributed by atoms with E-state index < -0.39 is 5.91 Å². The molecule has 3 amide bonds. The van der Waals surface area contributed by atoms with Crippen molar-refractivity contribution in [2.75, 3.05) is 6.54 Å². The van der Waals surface area contributed by atoms with E-state index in [9.17, 15) is 14.4 Å². The Morgan fingerprint density at radius 1 is 1.03 bits per heavy atom. The van der Waals surface area contributed by atoms with Gasteiger partial charge >= 0.3 is 0 Å². The monoisotopic (exact) mass is 454 g/mol. The van der Waals surface area contributed by atoms with E-state index in [0.717, 1.165) is 18.4 Å². The molecule has 0 unspecified atom stereocenters. The third kappa shape index (κ3) is 6.73. The molecule has 7 nitrogen and oxygen atoms in total. The van der Waals surface area contributed by atoms with E-state index in [4.69, 9.17) is 12.2 Å². The summed E-state index contributed by atoms with van der Waals surface area (Å²) >= 11 is 6.66. The Morgan fingerprint density at radius 3 is 2.52 bits per heavy atom. The van der Waals surface area contributed by atoms with Gasteiger partial charge in [-0.25, -0.2) is 0 Å². The highest BCUT2D eigenvalue weighted by Crippen LogP contribution is 2.32. The van der Waals surface area contributed by atoms with E-state index in [2.05, 4.69) is 15.8 Å². The molecule has 160 valence electrons. The molecule has 0 bridgehead atoms. The first kappa shape index (κ1) is 22.6. The Bertz CT molecular complexity index is 981. The van der Waals surface area contributed by atoms with Gasteiger partial charge in [0.1, 0.15) is 4.32 Å². The molecule has 31 heavy (non-hydrogen) atoms. The summed E-state index contributed by atoms with van der Waals surface area (Å²) in [5.74, 6) is -0.733. The molecule has 0 spiro atoms. The number of nitrogens with one attached hydrogen (secondary N) is 2. The van der Waals surface area contributed by atoms with Crippen LogP contribution in [0.25, 0.3) is 6.08 Å². The van der Waals surface area contributed by atoms with Crippen LogP contribution in [0, 0.1) is 0 Å². The lowest BCUT2D eigenvalue weighted by Gasteiger charge is -2.14. The van der Waals surface area contributed by atoms with Crippen molar-refractivity contribution in [1.82, 2.24) is 20.7 Å². The minimum Gasteiger partial charge on any atom is -0.293 e. The predicted octanol–water partition coefficient (Wildman–Crippen LogP) is 3.30. The average molecular weight is 455 g/mol. The molecule has 1 saturated heterocycles. The molecule has 0 radical (unpaired) electrons. The third-order valence-corrected chi connectivity index (χ3v) is 5.89. The van der Waals surface area contributed by atoms with Gasteiger partial charge in [-0.05, 0) is 36.6 Å². The number of amides is 3. The summed E-state index contributed by atoms with van der Waals surface area (Å²) in [6.07, 6.45) is 7.29. The van der Waals surface area contributed by atoms with E-state index in [1.807, 2.05) is 36.4 Å². The van der Waals surface area contributed by atoms with Crippen LogP contribution >= 0.6 is 24.0 Å². The number of hydrogen-bond donors (Lipinski definition) is 2. The first-order valence-electron chi connectivity index (χ1n) is 9.84. The van der Waals surface area contributed by atoms with E-state index in [1.54, 1.807) is 17.0 Å². The topological polar surface area (TPSA) is 91.4 Å². The zero-order chi connectivity index (χ0) is 22.1. The molecule has 1 aromatic carbocycles. The lowest BCUT2D eigenvalue weighted by atomic mass is 10.2. The molecule has 1 aliphatic rings. The Labute approximate surface area is 190 Å². The van der Waals surface area contributed by atoms with Crippen molar-refractivity contribution in [1.29, 1.82) is 0 Å². The maximum absolute atomic E-state index is 12.6. The number of thiocarbonyl (C=S) groups is 1. The van der Waals surface area contributed by atoms with E-state index in [0.29, 0.717) is 27.8 Å². The van der Waals surface area contributed by atoms with Gasteiger partial charge in [-0.15, -0.1) is 0 Å². The maximum atomic E-state index is 12.6. The number of nitrogens with zero attached hydrogens (tertiary/aromatic N) is 2. The van der Waals surface area contributed by atoms with Crippen LogP contribution < -0.4 is 10.9 Å². The molecule has 1 aliphatic heterocycles. The van der Waals surface area contributed by atoms with E-state index in [-0.39, 0.29) is 18.2 Å². The van der Waals surface area contributed by atoms with E-state index >= 15 is 0 Å². The van der Waals surface area contributed by atoms with Gasteiger partial charge in [-0.2, -0.15) is 0 Å². The average Bonchev–Trinajstić information content (AvgIpc) is 3.05. The number of carbonyl (C=O) groups excluding carboxylic acids is 3. The predicted molar refractivity (Wildman–Crippen MR) is 125 cm³/mol. The highest BCUT2D eigenvalue weighted by atomic mass is 32.2.